The zero-order valence-electron chi connectivity index (χ0n) is 15.2. The SMILES string of the molecule is COC(Nc1ccc(NC2=NCC(=N)C(NC3CCCC3)=C2)nc1)OC. The van der Waals surface area contributed by atoms with Crippen molar-refractivity contribution in [2.45, 2.75) is 38.1 Å². The molecule has 1 aromatic heterocycles. The molecular weight excluding hydrogens is 332 g/mol. The third kappa shape index (κ3) is 4.80. The van der Waals surface area contributed by atoms with Gasteiger partial charge in [0.25, 0.3) is 0 Å². The Hall–Kier alpha value is -2.45. The molecule has 1 aromatic rings. The van der Waals surface area contributed by atoms with E-state index >= 15 is 0 Å². The highest BCUT2D eigenvalue weighted by atomic mass is 16.7. The zero-order chi connectivity index (χ0) is 18.4. The van der Waals surface area contributed by atoms with E-state index in [0.717, 1.165) is 11.4 Å². The number of hydrogen-bond acceptors (Lipinski definition) is 8. The smallest absolute Gasteiger partial charge is 0.237 e. The zero-order valence-corrected chi connectivity index (χ0v) is 15.2. The predicted molar refractivity (Wildman–Crippen MR) is 103 cm³/mol. The molecule has 26 heavy (non-hydrogen) atoms. The van der Waals surface area contributed by atoms with Crippen molar-refractivity contribution in [2.75, 3.05) is 31.4 Å². The average molecular weight is 358 g/mol. The first-order valence-corrected chi connectivity index (χ1v) is 8.83. The summed E-state index contributed by atoms with van der Waals surface area (Å²) in [6.07, 6.45) is 7.93. The molecule has 3 rings (SSSR count). The number of nitrogens with zero attached hydrogens (tertiary/aromatic N) is 2. The van der Waals surface area contributed by atoms with Gasteiger partial charge in [0, 0.05) is 26.3 Å². The fourth-order valence-electron chi connectivity index (χ4n) is 3.05. The van der Waals surface area contributed by atoms with Crippen molar-refractivity contribution in [1.29, 1.82) is 5.41 Å². The minimum absolute atomic E-state index is 0.372. The van der Waals surface area contributed by atoms with Crippen LogP contribution in [0.5, 0.6) is 0 Å². The number of aliphatic imine (C=N–C) groups is 1. The normalized spacial score (nSPS) is 17.9. The van der Waals surface area contributed by atoms with E-state index in [0.29, 0.717) is 30.0 Å². The molecule has 0 atom stereocenters. The monoisotopic (exact) mass is 358 g/mol. The molecule has 2 heterocycles. The first kappa shape index (κ1) is 18.3. The summed E-state index contributed by atoms with van der Waals surface area (Å²) in [6, 6.07) is 4.21. The molecule has 0 spiro atoms. The second-order valence-electron chi connectivity index (χ2n) is 6.37. The Bertz CT molecular complexity index is 675. The van der Waals surface area contributed by atoms with E-state index in [2.05, 4.69) is 25.9 Å². The summed E-state index contributed by atoms with van der Waals surface area (Å²) < 4.78 is 10.2. The fraction of sp³-hybridized carbons (Fsp3) is 0.500. The van der Waals surface area contributed by atoms with Gasteiger partial charge in [0.2, 0.25) is 6.41 Å². The van der Waals surface area contributed by atoms with Crippen LogP contribution in [-0.2, 0) is 9.47 Å². The lowest BCUT2D eigenvalue weighted by molar-refractivity contribution is -0.0808. The van der Waals surface area contributed by atoms with Gasteiger partial charge in [-0.2, -0.15) is 0 Å². The van der Waals surface area contributed by atoms with Crippen molar-refractivity contribution in [1.82, 2.24) is 10.3 Å². The van der Waals surface area contributed by atoms with Crippen molar-refractivity contribution in [3.05, 3.63) is 30.1 Å². The van der Waals surface area contributed by atoms with Crippen LogP contribution >= 0.6 is 0 Å². The van der Waals surface area contributed by atoms with Crippen LogP contribution in [-0.4, -0.2) is 49.8 Å². The highest BCUT2D eigenvalue weighted by Gasteiger charge is 2.19. The Labute approximate surface area is 153 Å². The molecule has 0 unspecified atom stereocenters. The Kier molecular flexibility index (Phi) is 6.19. The van der Waals surface area contributed by atoms with Gasteiger partial charge in [0.1, 0.15) is 11.7 Å². The fourth-order valence-corrected chi connectivity index (χ4v) is 3.05. The summed E-state index contributed by atoms with van der Waals surface area (Å²) in [5, 5.41) is 17.8. The molecule has 0 saturated heterocycles. The van der Waals surface area contributed by atoms with Gasteiger partial charge in [-0.1, -0.05) is 12.8 Å². The molecule has 8 nitrogen and oxygen atoms in total. The van der Waals surface area contributed by atoms with Gasteiger partial charge in [-0.3, -0.25) is 4.99 Å². The number of aromatic nitrogens is 1. The second kappa shape index (κ2) is 8.77. The summed E-state index contributed by atoms with van der Waals surface area (Å²) in [5.74, 6) is 1.40. The molecule has 0 aromatic carbocycles. The number of pyridine rings is 1. The van der Waals surface area contributed by atoms with E-state index in [9.17, 15) is 0 Å². The summed E-state index contributed by atoms with van der Waals surface area (Å²) in [6.45, 7) is 0.372. The molecule has 8 heteroatoms. The molecule has 1 aliphatic heterocycles. The summed E-state index contributed by atoms with van der Waals surface area (Å²) >= 11 is 0. The topological polar surface area (TPSA) is 104 Å². The largest absolute Gasteiger partial charge is 0.381 e. The van der Waals surface area contributed by atoms with Crippen LogP contribution in [0.1, 0.15) is 25.7 Å². The summed E-state index contributed by atoms with van der Waals surface area (Å²) in [5.41, 5.74) is 2.17. The van der Waals surface area contributed by atoms with Crippen molar-refractivity contribution in [3.63, 3.8) is 0 Å². The third-order valence-corrected chi connectivity index (χ3v) is 4.46. The number of anilines is 2. The number of amidine groups is 1. The second-order valence-corrected chi connectivity index (χ2v) is 6.37. The number of rotatable bonds is 7. The van der Waals surface area contributed by atoms with E-state index < -0.39 is 6.41 Å². The minimum Gasteiger partial charge on any atom is -0.381 e. The lowest BCUT2D eigenvalue weighted by Gasteiger charge is -2.21. The van der Waals surface area contributed by atoms with Crippen LogP contribution in [0.25, 0.3) is 0 Å². The maximum absolute atomic E-state index is 8.10. The maximum atomic E-state index is 8.10. The van der Waals surface area contributed by atoms with E-state index in [1.165, 1.54) is 25.7 Å². The van der Waals surface area contributed by atoms with Crippen LogP contribution in [0.3, 0.4) is 0 Å². The molecule has 1 fully saturated rings. The molecule has 4 N–H and O–H groups in total. The molecule has 0 bridgehead atoms. The standard InChI is InChI=1S/C18H26N6O2/c1-25-18(26-2)23-13-7-8-16(20-10-13)24-17-9-15(14(19)11-21-17)22-12-5-3-4-6-12/h7-10,12,18-19,22-23H,3-6,11H2,1-2H3,(H,20,21,24). The molecule has 0 amide bonds. The lowest BCUT2D eigenvalue weighted by atomic mass is 10.1. The highest BCUT2D eigenvalue weighted by molar-refractivity contribution is 6.13. The van der Waals surface area contributed by atoms with Crippen LogP contribution in [0.2, 0.25) is 0 Å². The highest BCUT2D eigenvalue weighted by Crippen LogP contribution is 2.20. The summed E-state index contributed by atoms with van der Waals surface area (Å²) in [4.78, 5) is 8.77. The van der Waals surface area contributed by atoms with Crippen LogP contribution in [0.15, 0.2) is 35.1 Å². The number of ether oxygens (including phenoxy) is 2. The number of hydrogen-bond donors (Lipinski definition) is 4. The van der Waals surface area contributed by atoms with E-state index in [1.807, 2.05) is 18.2 Å². The minimum atomic E-state index is -0.517. The summed E-state index contributed by atoms with van der Waals surface area (Å²) in [7, 11) is 3.12. The number of dihydropyridines is 1. The Morgan fingerprint density at radius 2 is 1.96 bits per heavy atom. The maximum Gasteiger partial charge on any atom is 0.237 e. The average Bonchev–Trinajstić information content (AvgIpc) is 3.17. The van der Waals surface area contributed by atoms with Crippen LogP contribution in [0.4, 0.5) is 11.5 Å². The van der Waals surface area contributed by atoms with Gasteiger partial charge >= 0.3 is 0 Å². The molecule has 1 saturated carbocycles. The molecule has 2 aliphatic rings. The Balaban J connectivity index is 1.60. The van der Waals surface area contributed by atoms with Crippen molar-refractivity contribution < 1.29 is 9.47 Å². The molecular formula is C18H26N6O2. The first-order valence-electron chi connectivity index (χ1n) is 8.83. The van der Waals surface area contributed by atoms with Gasteiger partial charge in [-0.05, 0) is 25.0 Å². The van der Waals surface area contributed by atoms with Gasteiger partial charge < -0.3 is 30.8 Å². The Morgan fingerprint density at radius 1 is 1.19 bits per heavy atom. The van der Waals surface area contributed by atoms with Gasteiger partial charge in [0.05, 0.1) is 29.8 Å². The third-order valence-electron chi connectivity index (χ3n) is 4.46. The van der Waals surface area contributed by atoms with Gasteiger partial charge in [-0.25, -0.2) is 4.98 Å². The van der Waals surface area contributed by atoms with Crippen LogP contribution in [0, 0.1) is 5.41 Å². The lowest BCUT2D eigenvalue weighted by Crippen LogP contribution is -2.33. The molecule has 0 radical (unpaired) electrons. The van der Waals surface area contributed by atoms with Crippen molar-refractivity contribution >= 4 is 23.1 Å². The predicted octanol–water partition coefficient (Wildman–Crippen LogP) is 2.33. The van der Waals surface area contributed by atoms with Crippen molar-refractivity contribution in [3.8, 4) is 0 Å². The first-order chi connectivity index (χ1) is 12.7. The van der Waals surface area contributed by atoms with Crippen molar-refractivity contribution in [2.24, 2.45) is 4.99 Å². The number of nitrogens with one attached hydrogen (secondary N) is 4. The number of methoxy groups -OCH3 is 2. The quantitative estimate of drug-likeness (QED) is 0.558. The van der Waals surface area contributed by atoms with Crippen LogP contribution < -0.4 is 16.0 Å². The molecule has 140 valence electrons. The molecule has 1 aliphatic carbocycles. The van der Waals surface area contributed by atoms with E-state index in [4.69, 9.17) is 14.9 Å². The van der Waals surface area contributed by atoms with Gasteiger partial charge in [0.15, 0.2) is 0 Å². The van der Waals surface area contributed by atoms with Gasteiger partial charge in [-0.15, -0.1) is 0 Å². The van der Waals surface area contributed by atoms with E-state index in [-0.39, 0.29) is 0 Å². The van der Waals surface area contributed by atoms with E-state index in [1.54, 1.807) is 20.4 Å². The Morgan fingerprint density at radius 3 is 2.62 bits per heavy atom.